The Morgan fingerprint density at radius 2 is 1.94 bits per heavy atom. The maximum Gasteiger partial charge on any atom is 0.309 e. The molecule has 0 unspecified atom stereocenters. The van der Waals surface area contributed by atoms with Crippen LogP contribution in [-0.2, 0) is 19.1 Å². The van der Waals surface area contributed by atoms with Gasteiger partial charge in [-0.3, -0.25) is 24.2 Å². The lowest BCUT2D eigenvalue weighted by Gasteiger charge is -2.32. The van der Waals surface area contributed by atoms with E-state index in [-0.39, 0.29) is 35.6 Å². The van der Waals surface area contributed by atoms with Gasteiger partial charge >= 0.3 is 5.97 Å². The Labute approximate surface area is 190 Å². The first-order chi connectivity index (χ1) is 15.9. The second kappa shape index (κ2) is 9.43. The molecule has 174 valence electrons. The van der Waals surface area contributed by atoms with E-state index < -0.39 is 17.4 Å². The molecule has 1 atom stereocenters. The monoisotopic (exact) mass is 453 g/mol. The van der Waals surface area contributed by atoms with Crippen molar-refractivity contribution in [1.29, 1.82) is 0 Å². The second-order valence-corrected chi connectivity index (χ2v) is 8.27. The van der Waals surface area contributed by atoms with Crippen LogP contribution in [0.5, 0.6) is 0 Å². The second-order valence-electron chi connectivity index (χ2n) is 8.27. The lowest BCUT2D eigenvalue weighted by atomic mass is 9.92. The highest BCUT2D eigenvalue weighted by Gasteiger charge is 2.36. The van der Waals surface area contributed by atoms with Crippen molar-refractivity contribution >= 4 is 35.2 Å². The van der Waals surface area contributed by atoms with Crippen LogP contribution in [0.15, 0.2) is 29.1 Å². The molecule has 2 amide bonds. The predicted octanol–water partition coefficient (Wildman–Crippen LogP) is 1.92. The smallest absolute Gasteiger partial charge is 0.309 e. The number of amides is 2. The Morgan fingerprint density at radius 1 is 1.21 bits per heavy atom. The molecule has 2 aromatic rings. The van der Waals surface area contributed by atoms with Crippen molar-refractivity contribution in [2.75, 3.05) is 35.2 Å². The van der Waals surface area contributed by atoms with Crippen molar-refractivity contribution in [2.24, 2.45) is 5.92 Å². The number of piperidine rings is 1. The van der Waals surface area contributed by atoms with Crippen molar-refractivity contribution in [2.45, 2.75) is 39.0 Å². The summed E-state index contributed by atoms with van der Waals surface area (Å²) in [6.07, 6.45) is 1.01. The highest BCUT2D eigenvalue weighted by Crippen LogP contribution is 2.31. The summed E-state index contributed by atoms with van der Waals surface area (Å²) in [5.74, 6) is -1.75. The molecule has 1 aromatic heterocycles. The molecule has 0 spiro atoms. The van der Waals surface area contributed by atoms with Gasteiger partial charge in [-0.2, -0.15) is 4.98 Å². The lowest BCUT2D eigenvalue weighted by molar-refractivity contribution is -0.148. The molecule has 4 rings (SSSR count). The Hall–Kier alpha value is -3.69. The van der Waals surface area contributed by atoms with Crippen molar-refractivity contribution in [3.8, 4) is 0 Å². The number of H-pyrrole nitrogens is 1. The van der Waals surface area contributed by atoms with Crippen LogP contribution in [0, 0.1) is 12.8 Å². The summed E-state index contributed by atoms with van der Waals surface area (Å²) in [6, 6.07) is 7.29. The highest BCUT2D eigenvalue weighted by molar-refractivity contribution is 6.04. The molecule has 1 aromatic carbocycles. The summed E-state index contributed by atoms with van der Waals surface area (Å²) >= 11 is 0. The molecule has 3 N–H and O–H groups in total. The van der Waals surface area contributed by atoms with E-state index in [0.717, 1.165) is 5.56 Å². The molecule has 0 saturated carbocycles. The zero-order valence-electron chi connectivity index (χ0n) is 18.6. The predicted molar refractivity (Wildman–Crippen MR) is 122 cm³/mol. The first-order valence-corrected chi connectivity index (χ1v) is 11.1. The zero-order chi connectivity index (χ0) is 23.5. The number of para-hydroxylation sites is 1. The number of ether oxygens (including phenoxy) is 1. The van der Waals surface area contributed by atoms with Crippen LogP contribution >= 0.6 is 0 Å². The zero-order valence-corrected chi connectivity index (χ0v) is 18.6. The standard InChI is InChI=1S/C23H27N5O5/c1-3-33-22(32)14-8-10-28(11-9-14)23-26-19-18(21(31)27-23)15(12-17(29)25-19)20(30)24-16-7-5-4-6-13(16)2/h4-7,14-15H,3,8-12H2,1-2H3,(H,24,30)(H2,25,26,27,29,31)/t15-/m0/s1. The summed E-state index contributed by atoms with van der Waals surface area (Å²) in [4.78, 5) is 59.4. The van der Waals surface area contributed by atoms with Crippen LogP contribution in [0.1, 0.15) is 43.2 Å². The number of nitrogens with zero attached hydrogens (tertiary/aromatic N) is 2. The number of fused-ring (bicyclic) bond motifs is 1. The number of hydrogen-bond acceptors (Lipinski definition) is 7. The van der Waals surface area contributed by atoms with E-state index in [1.807, 2.05) is 24.0 Å². The Balaban J connectivity index is 1.55. The van der Waals surface area contributed by atoms with Gasteiger partial charge in [-0.1, -0.05) is 18.2 Å². The van der Waals surface area contributed by atoms with Crippen LogP contribution in [0.3, 0.4) is 0 Å². The number of aromatic amines is 1. The SMILES string of the molecule is CCOC(=O)C1CCN(c2nc3c(c(=O)[nH]2)[C@@H](C(=O)Nc2ccccc2C)CC(=O)N3)CC1. The first-order valence-electron chi connectivity index (χ1n) is 11.1. The van der Waals surface area contributed by atoms with Gasteiger partial charge in [0, 0.05) is 25.2 Å². The van der Waals surface area contributed by atoms with Gasteiger partial charge in [0.15, 0.2) is 0 Å². The molecule has 3 heterocycles. The van der Waals surface area contributed by atoms with E-state index in [9.17, 15) is 19.2 Å². The molecule has 0 bridgehead atoms. The number of hydrogen-bond donors (Lipinski definition) is 3. The van der Waals surface area contributed by atoms with Gasteiger partial charge in [0.1, 0.15) is 5.82 Å². The largest absolute Gasteiger partial charge is 0.466 e. The summed E-state index contributed by atoms with van der Waals surface area (Å²) < 4.78 is 5.10. The molecule has 10 nitrogen and oxygen atoms in total. The third-order valence-corrected chi connectivity index (χ3v) is 6.07. The van der Waals surface area contributed by atoms with Gasteiger partial charge in [-0.15, -0.1) is 0 Å². The summed E-state index contributed by atoms with van der Waals surface area (Å²) in [6.45, 7) is 5.00. The molecule has 0 radical (unpaired) electrons. The number of aryl methyl sites for hydroxylation is 1. The number of rotatable bonds is 5. The molecule has 33 heavy (non-hydrogen) atoms. The third-order valence-electron chi connectivity index (χ3n) is 6.07. The van der Waals surface area contributed by atoms with Crippen molar-refractivity contribution in [3.63, 3.8) is 0 Å². The Morgan fingerprint density at radius 3 is 2.64 bits per heavy atom. The maximum absolute atomic E-state index is 13.0. The first kappa shape index (κ1) is 22.5. The van der Waals surface area contributed by atoms with E-state index in [0.29, 0.717) is 44.2 Å². The number of benzene rings is 1. The van der Waals surface area contributed by atoms with E-state index in [1.54, 1.807) is 19.1 Å². The molecular formula is C23H27N5O5. The average molecular weight is 453 g/mol. The van der Waals surface area contributed by atoms with Gasteiger partial charge in [-0.05, 0) is 38.3 Å². The van der Waals surface area contributed by atoms with Gasteiger partial charge in [0.2, 0.25) is 17.8 Å². The normalized spacial score (nSPS) is 18.3. The van der Waals surface area contributed by atoms with Gasteiger partial charge in [0.25, 0.3) is 5.56 Å². The van der Waals surface area contributed by atoms with Crippen molar-refractivity contribution in [3.05, 3.63) is 45.7 Å². The molecule has 1 fully saturated rings. The van der Waals surface area contributed by atoms with E-state index in [1.165, 1.54) is 0 Å². The average Bonchev–Trinajstić information content (AvgIpc) is 2.80. The van der Waals surface area contributed by atoms with Crippen molar-refractivity contribution in [1.82, 2.24) is 9.97 Å². The van der Waals surface area contributed by atoms with Gasteiger partial charge < -0.3 is 20.3 Å². The van der Waals surface area contributed by atoms with Gasteiger partial charge in [-0.25, -0.2) is 0 Å². The van der Waals surface area contributed by atoms with E-state index >= 15 is 0 Å². The quantitative estimate of drug-likeness (QED) is 0.589. The third kappa shape index (κ3) is 4.74. The summed E-state index contributed by atoms with van der Waals surface area (Å²) in [5.41, 5.74) is 1.18. The van der Waals surface area contributed by atoms with E-state index in [4.69, 9.17) is 4.74 Å². The minimum atomic E-state index is -0.951. The number of anilines is 3. The minimum Gasteiger partial charge on any atom is -0.466 e. The van der Waals surface area contributed by atoms with Crippen molar-refractivity contribution < 1.29 is 19.1 Å². The fourth-order valence-corrected chi connectivity index (χ4v) is 4.25. The van der Waals surface area contributed by atoms with Crippen LogP contribution in [0.4, 0.5) is 17.5 Å². The summed E-state index contributed by atoms with van der Waals surface area (Å²) in [5, 5.41) is 5.45. The van der Waals surface area contributed by atoms with Crippen LogP contribution in [0.2, 0.25) is 0 Å². The minimum absolute atomic E-state index is 0.0995. The molecular weight excluding hydrogens is 426 g/mol. The van der Waals surface area contributed by atoms with Gasteiger partial charge in [0.05, 0.1) is 24.0 Å². The number of nitrogens with one attached hydrogen (secondary N) is 3. The highest BCUT2D eigenvalue weighted by atomic mass is 16.5. The van der Waals surface area contributed by atoms with Crippen LogP contribution in [0.25, 0.3) is 0 Å². The Bertz CT molecular complexity index is 1140. The summed E-state index contributed by atoms with van der Waals surface area (Å²) in [7, 11) is 0. The molecule has 0 aliphatic carbocycles. The van der Waals surface area contributed by atoms with E-state index in [2.05, 4.69) is 20.6 Å². The molecule has 2 aliphatic heterocycles. The fourth-order valence-electron chi connectivity index (χ4n) is 4.25. The fraction of sp³-hybridized carbons (Fsp3) is 0.435. The molecule has 2 aliphatic rings. The number of esters is 1. The number of carbonyl (C=O) groups is 3. The number of carbonyl (C=O) groups excluding carboxylic acids is 3. The lowest BCUT2D eigenvalue weighted by Crippen LogP contribution is -2.41. The maximum atomic E-state index is 13.0. The molecule has 1 saturated heterocycles. The topological polar surface area (TPSA) is 133 Å². The Kier molecular flexibility index (Phi) is 6.43. The van der Waals surface area contributed by atoms with Crippen LogP contribution < -0.4 is 21.1 Å². The number of aromatic nitrogens is 2. The molecule has 10 heteroatoms. The van der Waals surface area contributed by atoms with Crippen LogP contribution in [-0.4, -0.2) is 47.4 Å².